The maximum absolute atomic E-state index is 6.35. The van der Waals surface area contributed by atoms with E-state index in [0.29, 0.717) is 13.2 Å². The molecule has 0 fully saturated rings. The topological polar surface area (TPSA) is 27.7 Å². The van der Waals surface area contributed by atoms with Gasteiger partial charge in [0.1, 0.15) is 13.8 Å². The SMILES string of the molecule is COc1ccc(COCC/C=C/C#CCC/C=C(/C=C/[Si](C)(C)c2ccccc2)O[Si](C)(C)C)cc1. The third-order valence-electron chi connectivity index (χ3n) is 5.38. The van der Waals surface area contributed by atoms with E-state index in [0.717, 1.165) is 36.3 Å². The Bertz CT molecular complexity index is 1050. The highest BCUT2D eigenvalue weighted by Crippen LogP contribution is 2.15. The van der Waals surface area contributed by atoms with E-state index in [4.69, 9.17) is 13.9 Å². The molecule has 0 radical (unpaired) electrons. The van der Waals surface area contributed by atoms with E-state index in [-0.39, 0.29) is 0 Å². The first kappa shape index (κ1) is 29.4. The molecule has 0 aliphatic rings. The third-order valence-corrected chi connectivity index (χ3v) is 9.05. The van der Waals surface area contributed by atoms with Crippen molar-refractivity contribution in [3.05, 3.63) is 95.9 Å². The van der Waals surface area contributed by atoms with Crippen molar-refractivity contribution in [2.45, 2.75) is 58.6 Å². The highest BCUT2D eigenvalue weighted by Gasteiger charge is 2.21. The Balaban J connectivity index is 1.77. The van der Waals surface area contributed by atoms with Crippen molar-refractivity contribution >= 4 is 21.6 Å². The molecule has 0 aliphatic heterocycles. The van der Waals surface area contributed by atoms with Crippen LogP contribution in [0.25, 0.3) is 0 Å². The van der Waals surface area contributed by atoms with Crippen LogP contribution in [-0.4, -0.2) is 30.1 Å². The lowest BCUT2D eigenvalue weighted by Gasteiger charge is -2.22. The van der Waals surface area contributed by atoms with E-state index >= 15 is 0 Å². The molecule has 0 amide bonds. The number of benzene rings is 2. The second-order valence-corrected chi connectivity index (χ2v) is 19.0. The number of unbranched alkanes of at least 4 members (excludes halogenated alkanes) is 1. The molecule has 2 aromatic carbocycles. The highest BCUT2D eigenvalue weighted by atomic mass is 28.4. The average Bonchev–Trinajstić information content (AvgIpc) is 2.85. The molecule has 192 valence electrons. The Hall–Kier alpha value is -2.79. The molecule has 0 saturated heterocycles. The van der Waals surface area contributed by atoms with Gasteiger partial charge in [-0.3, -0.25) is 0 Å². The summed E-state index contributed by atoms with van der Waals surface area (Å²) in [5, 5.41) is 1.43. The number of ether oxygens (including phenoxy) is 2. The summed E-state index contributed by atoms with van der Waals surface area (Å²) < 4.78 is 17.2. The maximum atomic E-state index is 6.35. The van der Waals surface area contributed by atoms with Gasteiger partial charge in [0.05, 0.1) is 26.1 Å². The minimum absolute atomic E-state index is 0.608. The second-order valence-electron chi connectivity index (χ2n) is 10.2. The predicted molar refractivity (Wildman–Crippen MR) is 159 cm³/mol. The zero-order valence-corrected chi connectivity index (χ0v) is 24.8. The molecular formula is C31H42O3Si2. The van der Waals surface area contributed by atoms with Crippen molar-refractivity contribution in [3.63, 3.8) is 0 Å². The first-order valence-corrected chi connectivity index (χ1v) is 19.2. The van der Waals surface area contributed by atoms with Crippen LogP contribution < -0.4 is 9.92 Å². The summed E-state index contributed by atoms with van der Waals surface area (Å²) >= 11 is 0. The van der Waals surface area contributed by atoms with Crippen LogP contribution in [0.3, 0.4) is 0 Å². The van der Waals surface area contributed by atoms with Gasteiger partial charge in [0.25, 0.3) is 0 Å². The monoisotopic (exact) mass is 518 g/mol. The molecule has 2 rings (SSSR count). The standard InChI is InChI=1S/C31H42O3Si2/c1-32-29-22-20-28(21-23-29)27-33-25-16-11-9-7-8-10-13-17-30(34-35(2,3)4)24-26-36(5,6)31-18-14-12-15-19-31/h9,11-12,14-15,17-24,26H,10,13,16,25,27H2,1-6H3/b11-9+,26-24+,30-17-. The predicted octanol–water partition coefficient (Wildman–Crippen LogP) is 7.39. The minimum atomic E-state index is -1.69. The Morgan fingerprint density at radius 3 is 2.31 bits per heavy atom. The van der Waals surface area contributed by atoms with Crippen molar-refractivity contribution in [2.75, 3.05) is 13.7 Å². The molecule has 0 atom stereocenters. The molecule has 0 saturated carbocycles. The molecule has 0 bridgehead atoms. The zero-order valence-electron chi connectivity index (χ0n) is 22.8. The van der Waals surface area contributed by atoms with Crippen LogP contribution in [0, 0.1) is 11.8 Å². The van der Waals surface area contributed by atoms with E-state index in [1.165, 1.54) is 5.19 Å². The van der Waals surface area contributed by atoms with Crippen molar-refractivity contribution in [1.82, 2.24) is 0 Å². The smallest absolute Gasteiger partial charge is 0.242 e. The molecule has 36 heavy (non-hydrogen) atoms. The molecule has 0 N–H and O–H groups in total. The van der Waals surface area contributed by atoms with Gasteiger partial charge >= 0.3 is 0 Å². The Morgan fingerprint density at radius 2 is 1.64 bits per heavy atom. The molecule has 0 heterocycles. The van der Waals surface area contributed by atoms with Crippen molar-refractivity contribution < 1.29 is 13.9 Å². The number of hydrogen-bond donors (Lipinski definition) is 0. The van der Waals surface area contributed by atoms with Gasteiger partial charge in [0, 0.05) is 6.42 Å². The van der Waals surface area contributed by atoms with Crippen LogP contribution in [0.15, 0.2) is 90.4 Å². The number of rotatable bonds is 13. The minimum Gasteiger partial charge on any atom is -0.545 e. The summed E-state index contributed by atoms with van der Waals surface area (Å²) in [5.41, 5.74) is 3.52. The molecule has 0 spiro atoms. The van der Waals surface area contributed by atoms with Crippen LogP contribution >= 0.6 is 0 Å². The molecule has 0 aromatic heterocycles. The van der Waals surface area contributed by atoms with Gasteiger partial charge in [-0.05, 0) is 68.4 Å². The number of methoxy groups -OCH3 is 1. The largest absolute Gasteiger partial charge is 0.545 e. The van der Waals surface area contributed by atoms with E-state index in [1.807, 2.05) is 30.3 Å². The Labute approximate surface area is 221 Å². The average molecular weight is 519 g/mol. The van der Waals surface area contributed by atoms with E-state index in [9.17, 15) is 0 Å². The van der Waals surface area contributed by atoms with E-state index in [2.05, 4.69) is 98.8 Å². The van der Waals surface area contributed by atoms with Gasteiger partial charge in [0.15, 0.2) is 0 Å². The maximum Gasteiger partial charge on any atom is 0.242 e. The van der Waals surface area contributed by atoms with Gasteiger partial charge in [0.2, 0.25) is 8.32 Å². The molecule has 5 heteroatoms. The summed E-state index contributed by atoms with van der Waals surface area (Å²) in [4.78, 5) is 0. The fraction of sp³-hybridized carbons (Fsp3) is 0.355. The van der Waals surface area contributed by atoms with Gasteiger partial charge < -0.3 is 13.9 Å². The summed E-state index contributed by atoms with van der Waals surface area (Å²) in [7, 11) is -1.67. The van der Waals surface area contributed by atoms with Crippen LogP contribution in [-0.2, 0) is 15.8 Å². The number of hydrogen-bond acceptors (Lipinski definition) is 3. The summed E-state index contributed by atoms with van der Waals surface area (Å²) in [6, 6.07) is 18.7. The second kappa shape index (κ2) is 15.4. The lowest BCUT2D eigenvalue weighted by molar-refractivity contribution is 0.125. The first-order chi connectivity index (χ1) is 17.2. The van der Waals surface area contributed by atoms with Crippen LogP contribution in [0.2, 0.25) is 32.7 Å². The summed E-state index contributed by atoms with van der Waals surface area (Å²) in [5.74, 6) is 8.21. The zero-order chi connectivity index (χ0) is 26.3. The molecule has 2 aromatic rings. The van der Waals surface area contributed by atoms with Gasteiger partial charge in [-0.15, -0.1) is 0 Å². The Kier molecular flexibility index (Phi) is 12.6. The third kappa shape index (κ3) is 12.3. The first-order valence-electron chi connectivity index (χ1n) is 12.7. The lowest BCUT2D eigenvalue weighted by Crippen LogP contribution is -2.39. The van der Waals surface area contributed by atoms with E-state index in [1.54, 1.807) is 7.11 Å². The van der Waals surface area contributed by atoms with Crippen LogP contribution in [0.5, 0.6) is 5.75 Å². The summed E-state index contributed by atoms with van der Waals surface area (Å²) in [6.07, 6.45) is 10.9. The number of allylic oxidation sites excluding steroid dienone is 3. The van der Waals surface area contributed by atoms with Gasteiger partial charge in [-0.1, -0.05) is 84.4 Å². The quantitative estimate of drug-likeness (QED) is 0.0910. The van der Waals surface area contributed by atoms with Crippen molar-refractivity contribution in [3.8, 4) is 17.6 Å². The highest BCUT2D eigenvalue weighted by molar-refractivity contribution is 6.94. The Morgan fingerprint density at radius 1 is 0.917 bits per heavy atom. The lowest BCUT2D eigenvalue weighted by atomic mass is 10.2. The van der Waals surface area contributed by atoms with Crippen molar-refractivity contribution in [1.29, 1.82) is 0 Å². The van der Waals surface area contributed by atoms with E-state index < -0.39 is 16.4 Å². The molecule has 0 aliphatic carbocycles. The van der Waals surface area contributed by atoms with Crippen LogP contribution in [0.4, 0.5) is 0 Å². The normalized spacial score (nSPS) is 12.6. The van der Waals surface area contributed by atoms with Crippen LogP contribution in [0.1, 0.15) is 24.8 Å². The summed E-state index contributed by atoms with van der Waals surface area (Å²) in [6.45, 7) is 12.7. The molecule has 3 nitrogen and oxygen atoms in total. The molecule has 0 unspecified atom stereocenters. The fourth-order valence-electron chi connectivity index (χ4n) is 3.37. The van der Waals surface area contributed by atoms with Gasteiger partial charge in [-0.25, -0.2) is 0 Å². The molecular weight excluding hydrogens is 477 g/mol. The van der Waals surface area contributed by atoms with Gasteiger partial charge in [-0.2, -0.15) is 0 Å². The fourth-order valence-corrected chi connectivity index (χ4v) is 6.06. The van der Waals surface area contributed by atoms with Crippen molar-refractivity contribution in [2.24, 2.45) is 0 Å².